The smallest absolute Gasteiger partial charge is 0.342 e. The Hall–Kier alpha value is -2.58. The monoisotopic (exact) mass is 576 g/mol. The molecule has 2 aliphatic rings. The highest BCUT2D eigenvalue weighted by molar-refractivity contribution is 5.99. The van der Waals surface area contributed by atoms with E-state index < -0.39 is 30.3 Å². The largest absolute Gasteiger partial charge is 0.496 e. The summed E-state index contributed by atoms with van der Waals surface area (Å²) < 4.78 is 54.3. The van der Waals surface area contributed by atoms with Gasteiger partial charge >= 0.3 is 11.9 Å². The Balaban J connectivity index is 1.94. The van der Waals surface area contributed by atoms with Gasteiger partial charge in [0.25, 0.3) is 0 Å². The molecule has 8 heteroatoms. The van der Waals surface area contributed by atoms with Gasteiger partial charge < -0.3 is 23.7 Å². The summed E-state index contributed by atoms with van der Waals surface area (Å²) in [5, 5.41) is 0. The number of rotatable bonds is 12. The Kier molecular flexibility index (Phi) is 9.78. The maximum Gasteiger partial charge on any atom is 0.342 e. The number of carbonyl (C=O) groups is 2. The minimum absolute atomic E-state index is 0.0443. The second-order valence-corrected chi connectivity index (χ2v) is 11.8. The second-order valence-electron chi connectivity index (χ2n) is 11.8. The Morgan fingerprint density at radius 2 is 1.71 bits per heavy atom. The highest BCUT2D eigenvalue weighted by atomic mass is 16.6. The van der Waals surface area contributed by atoms with Crippen LogP contribution in [0, 0.1) is 11.8 Å². The molecule has 6 atom stereocenters. The SMILES string of the molecule is [2H]C([2H])(C)c1c(OC)c(C(C)/C=C(/CC(C)C(=O)OCC(C)N2C(C)COCC2C)C(C)C)c(OC)c2c1C([2H])(C)OC2=O. The van der Waals surface area contributed by atoms with E-state index in [1.807, 2.05) is 19.9 Å². The third kappa shape index (κ3) is 6.91. The predicted octanol–water partition coefficient (Wildman–Crippen LogP) is 6.25. The zero-order chi connectivity index (χ0) is 33.3. The maximum absolute atomic E-state index is 13.1. The minimum Gasteiger partial charge on any atom is -0.496 e. The molecule has 0 aromatic heterocycles. The van der Waals surface area contributed by atoms with Crippen LogP contribution in [0.15, 0.2) is 11.6 Å². The van der Waals surface area contributed by atoms with Crippen molar-refractivity contribution in [1.82, 2.24) is 4.90 Å². The van der Waals surface area contributed by atoms with Crippen molar-refractivity contribution < 1.29 is 37.4 Å². The molecule has 0 aliphatic carbocycles. The third-order valence-electron chi connectivity index (χ3n) is 8.22. The first-order valence-electron chi connectivity index (χ1n) is 16.2. The lowest BCUT2D eigenvalue weighted by Gasteiger charge is -2.42. The van der Waals surface area contributed by atoms with Crippen LogP contribution in [0.2, 0.25) is 0 Å². The molecule has 1 fully saturated rings. The average Bonchev–Trinajstić information content (AvgIpc) is 3.16. The molecule has 6 unspecified atom stereocenters. The highest BCUT2D eigenvalue weighted by Crippen LogP contribution is 2.49. The van der Waals surface area contributed by atoms with Crippen LogP contribution in [0.3, 0.4) is 0 Å². The number of esters is 2. The Morgan fingerprint density at radius 3 is 2.24 bits per heavy atom. The molecule has 230 valence electrons. The number of hydrogen-bond acceptors (Lipinski definition) is 8. The first-order valence-corrected chi connectivity index (χ1v) is 14.7. The van der Waals surface area contributed by atoms with Gasteiger partial charge in [-0.1, -0.05) is 46.3 Å². The first kappa shape index (κ1) is 28.5. The van der Waals surface area contributed by atoms with Crippen LogP contribution >= 0.6 is 0 Å². The van der Waals surface area contributed by atoms with Gasteiger partial charge in [0.05, 0.1) is 34.7 Å². The number of morpholine rings is 1. The zero-order valence-corrected chi connectivity index (χ0v) is 26.7. The van der Waals surface area contributed by atoms with E-state index in [0.717, 1.165) is 5.57 Å². The summed E-state index contributed by atoms with van der Waals surface area (Å²) in [5.74, 6) is -1.30. The molecule has 0 radical (unpaired) electrons. The van der Waals surface area contributed by atoms with E-state index in [-0.39, 0.29) is 58.2 Å². The maximum atomic E-state index is 13.1. The molecule has 0 spiro atoms. The molecular formula is C33H51NO7. The molecule has 2 heterocycles. The summed E-state index contributed by atoms with van der Waals surface area (Å²) in [7, 11) is 2.87. The van der Waals surface area contributed by atoms with Crippen LogP contribution in [-0.4, -0.2) is 69.0 Å². The number of allylic oxidation sites excluding steroid dienone is 2. The fourth-order valence-electron chi connectivity index (χ4n) is 6.24. The van der Waals surface area contributed by atoms with Gasteiger partial charge in [0.15, 0.2) is 0 Å². The van der Waals surface area contributed by atoms with Crippen LogP contribution in [0.25, 0.3) is 0 Å². The number of ether oxygens (including phenoxy) is 5. The van der Waals surface area contributed by atoms with Gasteiger partial charge in [-0.05, 0) is 46.4 Å². The minimum atomic E-state index is -1.96. The van der Waals surface area contributed by atoms with Crippen molar-refractivity contribution in [1.29, 1.82) is 0 Å². The lowest BCUT2D eigenvalue weighted by molar-refractivity contribution is -0.151. The van der Waals surface area contributed by atoms with Gasteiger partial charge in [-0.2, -0.15) is 0 Å². The normalized spacial score (nSPS) is 26.8. The van der Waals surface area contributed by atoms with Crippen molar-refractivity contribution >= 4 is 11.9 Å². The van der Waals surface area contributed by atoms with Gasteiger partial charge in [0, 0.05) is 43.5 Å². The molecule has 41 heavy (non-hydrogen) atoms. The summed E-state index contributed by atoms with van der Waals surface area (Å²) in [6.45, 7) is 18.6. The number of cyclic esters (lactones) is 1. The molecular weight excluding hydrogens is 522 g/mol. The quantitative estimate of drug-likeness (QED) is 0.213. The molecule has 0 N–H and O–H groups in total. The van der Waals surface area contributed by atoms with E-state index in [0.29, 0.717) is 31.8 Å². The standard InChI is InChI=1S/C33H51NO7/c1-12-26-28-24(9)41-33(36)29(28)31(38-11)27(30(26)37-10)19(4)13-25(18(2)3)14-20(5)32(35)40-17-23(8)34-21(6)15-39-16-22(34)7/h13,18-24H,12,14-17H2,1-11H3/b25-13-/i12D2,24D. The van der Waals surface area contributed by atoms with Crippen molar-refractivity contribution in [3.8, 4) is 11.5 Å². The van der Waals surface area contributed by atoms with Crippen molar-refractivity contribution in [3.05, 3.63) is 33.9 Å². The van der Waals surface area contributed by atoms with Gasteiger partial charge in [0.1, 0.15) is 29.7 Å². The fourth-order valence-corrected chi connectivity index (χ4v) is 6.24. The number of benzene rings is 1. The van der Waals surface area contributed by atoms with E-state index in [1.165, 1.54) is 28.1 Å². The molecule has 0 saturated carbocycles. The number of carbonyl (C=O) groups excluding carboxylic acids is 2. The van der Waals surface area contributed by atoms with E-state index >= 15 is 0 Å². The summed E-state index contributed by atoms with van der Waals surface area (Å²) >= 11 is 0. The molecule has 0 amide bonds. The van der Waals surface area contributed by atoms with Crippen molar-refractivity contribution in [2.45, 2.75) is 105 Å². The van der Waals surface area contributed by atoms with Gasteiger partial charge in [-0.25, -0.2) is 4.79 Å². The van der Waals surface area contributed by atoms with Crippen LogP contribution < -0.4 is 9.47 Å². The van der Waals surface area contributed by atoms with E-state index in [9.17, 15) is 9.59 Å². The summed E-state index contributed by atoms with van der Waals surface area (Å²) in [6, 6.07) is 0.552. The number of methoxy groups -OCH3 is 2. The highest BCUT2D eigenvalue weighted by Gasteiger charge is 2.39. The third-order valence-corrected chi connectivity index (χ3v) is 8.22. The molecule has 1 saturated heterocycles. The average molecular weight is 577 g/mol. The van der Waals surface area contributed by atoms with Crippen LogP contribution in [0.1, 0.15) is 112 Å². The summed E-state index contributed by atoms with van der Waals surface area (Å²) in [4.78, 5) is 28.5. The molecule has 0 bridgehead atoms. The predicted molar refractivity (Wildman–Crippen MR) is 160 cm³/mol. The van der Waals surface area contributed by atoms with Gasteiger partial charge in [-0.3, -0.25) is 9.69 Å². The number of nitrogens with zero attached hydrogens (tertiary/aromatic N) is 1. The van der Waals surface area contributed by atoms with E-state index in [4.69, 9.17) is 27.8 Å². The second kappa shape index (κ2) is 14.1. The topological polar surface area (TPSA) is 83.5 Å². The fraction of sp³-hybridized carbons (Fsp3) is 0.697. The number of hydrogen-bond donors (Lipinski definition) is 0. The zero-order valence-electron chi connectivity index (χ0n) is 29.7. The molecule has 1 aromatic carbocycles. The summed E-state index contributed by atoms with van der Waals surface area (Å²) in [5.41, 5.74) is 1.74. The summed E-state index contributed by atoms with van der Waals surface area (Å²) in [6.07, 6.45) is -1.28. The lowest BCUT2D eigenvalue weighted by Crippen LogP contribution is -2.54. The molecule has 3 rings (SSSR count). The van der Waals surface area contributed by atoms with Gasteiger partial charge in [-0.15, -0.1) is 0 Å². The Bertz CT molecular complexity index is 1250. The van der Waals surface area contributed by atoms with Gasteiger partial charge in [0.2, 0.25) is 0 Å². The van der Waals surface area contributed by atoms with Crippen molar-refractivity contribution in [3.63, 3.8) is 0 Å². The van der Waals surface area contributed by atoms with Crippen LogP contribution in [0.5, 0.6) is 11.5 Å². The lowest BCUT2D eigenvalue weighted by atomic mass is 9.84. The Morgan fingerprint density at radius 1 is 1.10 bits per heavy atom. The van der Waals surface area contributed by atoms with Crippen molar-refractivity contribution in [2.24, 2.45) is 11.8 Å². The molecule has 1 aromatic rings. The molecule has 8 nitrogen and oxygen atoms in total. The van der Waals surface area contributed by atoms with E-state index in [2.05, 4.69) is 39.5 Å². The number of fused-ring (bicyclic) bond motifs is 1. The first-order chi connectivity index (χ1) is 20.4. The Labute approximate surface area is 250 Å². The van der Waals surface area contributed by atoms with Crippen molar-refractivity contribution in [2.75, 3.05) is 34.0 Å². The van der Waals surface area contributed by atoms with Crippen LogP contribution in [-0.2, 0) is 25.4 Å². The molecule has 2 aliphatic heterocycles. The van der Waals surface area contributed by atoms with Crippen LogP contribution in [0.4, 0.5) is 0 Å². The van der Waals surface area contributed by atoms with E-state index in [1.54, 1.807) is 0 Å².